The van der Waals surface area contributed by atoms with Gasteiger partial charge in [0.1, 0.15) is 11.6 Å². The van der Waals surface area contributed by atoms with E-state index in [2.05, 4.69) is 15.5 Å². The number of amides is 1. The van der Waals surface area contributed by atoms with Crippen LogP contribution in [0.15, 0.2) is 42.6 Å². The van der Waals surface area contributed by atoms with Crippen molar-refractivity contribution >= 4 is 16.8 Å². The van der Waals surface area contributed by atoms with Crippen LogP contribution in [0.2, 0.25) is 0 Å². The van der Waals surface area contributed by atoms with E-state index >= 15 is 0 Å². The zero-order valence-electron chi connectivity index (χ0n) is 10.9. The Morgan fingerprint density at radius 2 is 2.05 bits per heavy atom. The second-order valence-corrected chi connectivity index (χ2v) is 4.59. The van der Waals surface area contributed by atoms with Crippen LogP contribution in [0.25, 0.3) is 10.9 Å². The van der Waals surface area contributed by atoms with Crippen LogP contribution in [0.5, 0.6) is 0 Å². The minimum absolute atomic E-state index is 0.00558. The summed E-state index contributed by atoms with van der Waals surface area (Å²) >= 11 is 0. The lowest BCUT2D eigenvalue weighted by Crippen LogP contribution is -2.23. The molecule has 0 atom stereocenters. The maximum absolute atomic E-state index is 13.5. The fourth-order valence-corrected chi connectivity index (χ4v) is 2.03. The first-order valence-electron chi connectivity index (χ1n) is 6.29. The normalized spacial score (nSPS) is 10.8. The Kier molecular flexibility index (Phi) is 3.35. The predicted octanol–water partition coefficient (Wildman–Crippen LogP) is 2.77. The van der Waals surface area contributed by atoms with Crippen LogP contribution in [0.1, 0.15) is 15.9 Å². The number of hydrogen-bond acceptors (Lipinski definition) is 2. The Morgan fingerprint density at radius 1 is 1.19 bits per heavy atom. The molecule has 0 aliphatic carbocycles. The third-order valence-electron chi connectivity index (χ3n) is 3.16. The van der Waals surface area contributed by atoms with Crippen molar-refractivity contribution in [2.45, 2.75) is 6.54 Å². The van der Waals surface area contributed by atoms with E-state index in [-0.39, 0.29) is 18.0 Å². The summed E-state index contributed by atoms with van der Waals surface area (Å²) in [5, 5.41) is 10.1. The number of hydrogen-bond donors (Lipinski definition) is 2. The number of carbonyl (C=O) groups excluding carboxylic acids is 1. The highest BCUT2D eigenvalue weighted by molar-refractivity contribution is 5.97. The lowest BCUT2D eigenvalue weighted by Gasteiger charge is -2.06. The van der Waals surface area contributed by atoms with Gasteiger partial charge in [-0.1, -0.05) is 6.07 Å². The smallest absolute Gasteiger partial charge is 0.251 e. The highest BCUT2D eigenvalue weighted by Crippen LogP contribution is 2.13. The second kappa shape index (κ2) is 5.32. The van der Waals surface area contributed by atoms with Gasteiger partial charge in [0, 0.05) is 29.1 Å². The molecule has 1 aromatic heterocycles. The summed E-state index contributed by atoms with van der Waals surface area (Å²) in [6.07, 6.45) is 1.62. The van der Waals surface area contributed by atoms with Crippen molar-refractivity contribution in [2.24, 2.45) is 0 Å². The third-order valence-corrected chi connectivity index (χ3v) is 3.16. The molecule has 21 heavy (non-hydrogen) atoms. The molecule has 0 aliphatic rings. The third kappa shape index (κ3) is 2.74. The first-order valence-corrected chi connectivity index (χ1v) is 6.29. The molecule has 0 unspecified atom stereocenters. The summed E-state index contributed by atoms with van der Waals surface area (Å²) in [7, 11) is 0. The van der Waals surface area contributed by atoms with Gasteiger partial charge in [0.25, 0.3) is 5.91 Å². The van der Waals surface area contributed by atoms with E-state index in [9.17, 15) is 13.6 Å². The number of aromatic nitrogens is 2. The number of nitrogens with one attached hydrogen (secondary N) is 2. The average Bonchev–Trinajstić information content (AvgIpc) is 2.93. The summed E-state index contributed by atoms with van der Waals surface area (Å²) in [6.45, 7) is -0.00558. The highest BCUT2D eigenvalue weighted by Gasteiger charge is 2.09. The lowest BCUT2D eigenvalue weighted by molar-refractivity contribution is 0.0950. The maximum atomic E-state index is 13.5. The summed E-state index contributed by atoms with van der Waals surface area (Å²) < 4.78 is 26.3. The van der Waals surface area contributed by atoms with Crippen molar-refractivity contribution in [3.63, 3.8) is 0 Å². The number of carbonyl (C=O) groups is 1. The van der Waals surface area contributed by atoms with Crippen molar-refractivity contribution < 1.29 is 13.6 Å². The van der Waals surface area contributed by atoms with Crippen LogP contribution in [0.3, 0.4) is 0 Å². The van der Waals surface area contributed by atoms with Gasteiger partial charge in [0.2, 0.25) is 0 Å². The Balaban J connectivity index is 1.73. The van der Waals surface area contributed by atoms with E-state index in [1.165, 1.54) is 6.07 Å². The zero-order valence-corrected chi connectivity index (χ0v) is 10.9. The SMILES string of the molecule is O=C(NCc1ccc(F)cc1F)c1ccc2[nH]ncc2c1. The van der Waals surface area contributed by atoms with E-state index < -0.39 is 11.6 Å². The fourth-order valence-electron chi connectivity index (χ4n) is 2.03. The Morgan fingerprint density at radius 3 is 2.86 bits per heavy atom. The number of halogens is 2. The molecule has 3 aromatic rings. The molecule has 0 saturated carbocycles. The van der Waals surface area contributed by atoms with Gasteiger partial charge in [-0.15, -0.1) is 0 Å². The van der Waals surface area contributed by atoms with Crippen LogP contribution in [-0.4, -0.2) is 16.1 Å². The van der Waals surface area contributed by atoms with Crippen molar-refractivity contribution in [1.29, 1.82) is 0 Å². The number of aromatic amines is 1. The number of nitrogens with zero attached hydrogens (tertiary/aromatic N) is 1. The fraction of sp³-hybridized carbons (Fsp3) is 0.0667. The molecular formula is C15H11F2N3O. The molecule has 2 aromatic carbocycles. The molecule has 1 amide bonds. The minimum Gasteiger partial charge on any atom is -0.348 e. The summed E-state index contributed by atoms with van der Waals surface area (Å²) in [5.41, 5.74) is 1.51. The zero-order chi connectivity index (χ0) is 14.8. The molecule has 2 N–H and O–H groups in total. The van der Waals surface area contributed by atoms with Gasteiger partial charge in [-0.3, -0.25) is 9.89 Å². The molecule has 6 heteroatoms. The first kappa shape index (κ1) is 13.2. The van der Waals surface area contributed by atoms with Crippen LogP contribution >= 0.6 is 0 Å². The van der Waals surface area contributed by atoms with Crippen LogP contribution in [-0.2, 0) is 6.54 Å². The van der Waals surface area contributed by atoms with Crippen LogP contribution in [0, 0.1) is 11.6 Å². The number of benzene rings is 2. The number of fused-ring (bicyclic) bond motifs is 1. The molecular weight excluding hydrogens is 276 g/mol. The molecule has 1 heterocycles. The van der Waals surface area contributed by atoms with Gasteiger partial charge in [0.15, 0.2) is 0 Å². The molecule has 0 bridgehead atoms. The molecule has 0 aliphatic heterocycles. The van der Waals surface area contributed by atoms with Gasteiger partial charge in [-0.05, 0) is 24.3 Å². The standard InChI is InChI=1S/C15H11F2N3O/c16-12-3-1-10(13(17)6-12)7-18-15(21)9-2-4-14-11(5-9)8-19-20-14/h1-6,8H,7H2,(H,18,21)(H,19,20). The van der Waals surface area contributed by atoms with Crippen LogP contribution in [0.4, 0.5) is 8.78 Å². The lowest BCUT2D eigenvalue weighted by atomic mass is 10.1. The van der Waals surface area contributed by atoms with E-state index in [0.29, 0.717) is 5.56 Å². The van der Waals surface area contributed by atoms with Crippen LogP contribution < -0.4 is 5.32 Å². The van der Waals surface area contributed by atoms with E-state index in [1.807, 2.05) is 0 Å². The quantitative estimate of drug-likeness (QED) is 0.778. The van der Waals surface area contributed by atoms with Gasteiger partial charge in [-0.25, -0.2) is 8.78 Å². The molecule has 0 saturated heterocycles. The second-order valence-electron chi connectivity index (χ2n) is 4.59. The van der Waals surface area contributed by atoms with Crippen molar-refractivity contribution in [2.75, 3.05) is 0 Å². The van der Waals surface area contributed by atoms with E-state index in [0.717, 1.165) is 23.0 Å². The monoisotopic (exact) mass is 287 g/mol. The van der Waals surface area contributed by atoms with E-state index in [4.69, 9.17) is 0 Å². The Bertz CT molecular complexity index is 814. The first-order chi connectivity index (χ1) is 10.1. The maximum Gasteiger partial charge on any atom is 0.251 e. The Hall–Kier alpha value is -2.76. The van der Waals surface area contributed by atoms with E-state index in [1.54, 1.807) is 24.4 Å². The topological polar surface area (TPSA) is 57.8 Å². The van der Waals surface area contributed by atoms with Crippen molar-refractivity contribution in [3.8, 4) is 0 Å². The molecule has 0 spiro atoms. The average molecular weight is 287 g/mol. The van der Waals surface area contributed by atoms with Gasteiger partial charge in [-0.2, -0.15) is 5.10 Å². The highest BCUT2D eigenvalue weighted by atomic mass is 19.1. The molecule has 106 valence electrons. The summed E-state index contributed by atoms with van der Waals surface area (Å²) in [6, 6.07) is 8.34. The predicted molar refractivity (Wildman–Crippen MR) is 73.6 cm³/mol. The largest absolute Gasteiger partial charge is 0.348 e. The molecule has 0 fully saturated rings. The van der Waals surface area contributed by atoms with Crippen molar-refractivity contribution in [3.05, 3.63) is 65.4 Å². The molecule has 4 nitrogen and oxygen atoms in total. The van der Waals surface area contributed by atoms with Gasteiger partial charge >= 0.3 is 0 Å². The number of rotatable bonds is 3. The summed E-state index contributed by atoms with van der Waals surface area (Å²) in [5.74, 6) is -1.66. The Labute approximate surface area is 118 Å². The number of H-pyrrole nitrogens is 1. The van der Waals surface area contributed by atoms with Crippen molar-refractivity contribution in [1.82, 2.24) is 15.5 Å². The molecule has 0 radical (unpaired) electrons. The summed E-state index contributed by atoms with van der Waals surface area (Å²) in [4.78, 5) is 12.0. The molecule has 3 rings (SSSR count). The minimum atomic E-state index is -0.680. The van der Waals surface area contributed by atoms with Gasteiger partial charge < -0.3 is 5.32 Å². The van der Waals surface area contributed by atoms with Gasteiger partial charge in [0.05, 0.1) is 11.7 Å².